The Hall–Kier alpha value is -1.11. The van der Waals surface area contributed by atoms with E-state index in [2.05, 4.69) is 10.0 Å². The molecule has 1 aromatic carbocycles. The highest BCUT2D eigenvalue weighted by Gasteiger charge is 2.18. The molecule has 1 atom stereocenters. The van der Waals surface area contributed by atoms with Crippen LogP contribution in [-0.2, 0) is 14.8 Å². The van der Waals surface area contributed by atoms with Crippen molar-refractivity contribution in [3.63, 3.8) is 0 Å². The number of hydrogen-bond acceptors (Lipinski definition) is 4. The highest BCUT2D eigenvalue weighted by atomic mass is 32.2. The number of nitrogens with one attached hydrogen (secondary N) is 2. The Kier molecular flexibility index (Phi) is 6.02. The van der Waals surface area contributed by atoms with Gasteiger partial charge in [-0.1, -0.05) is 19.1 Å². The van der Waals surface area contributed by atoms with Gasteiger partial charge in [-0.05, 0) is 37.3 Å². The fourth-order valence-corrected chi connectivity index (χ4v) is 3.70. The van der Waals surface area contributed by atoms with Gasteiger partial charge in [0.1, 0.15) is 4.90 Å². The Bertz CT molecular complexity index is 540. The molecule has 1 aromatic rings. The van der Waals surface area contributed by atoms with Gasteiger partial charge in [-0.15, -0.1) is 0 Å². The number of benzene rings is 1. The molecule has 21 heavy (non-hydrogen) atoms. The lowest BCUT2D eigenvalue weighted by Crippen LogP contribution is -2.25. The van der Waals surface area contributed by atoms with Crippen molar-refractivity contribution in [3.8, 4) is 0 Å². The van der Waals surface area contributed by atoms with Crippen LogP contribution >= 0.6 is 0 Å². The van der Waals surface area contributed by atoms with Crippen LogP contribution in [0.1, 0.15) is 26.2 Å². The van der Waals surface area contributed by atoms with Crippen molar-refractivity contribution in [1.29, 1.82) is 0 Å². The minimum absolute atomic E-state index is 0.320. The monoisotopic (exact) mass is 312 g/mol. The molecule has 0 bridgehead atoms. The van der Waals surface area contributed by atoms with Gasteiger partial charge in [0.15, 0.2) is 0 Å². The topological polar surface area (TPSA) is 67.4 Å². The van der Waals surface area contributed by atoms with Crippen molar-refractivity contribution >= 4 is 15.7 Å². The summed E-state index contributed by atoms with van der Waals surface area (Å²) in [6.07, 6.45) is 2.87. The second-order valence-corrected chi connectivity index (χ2v) is 7.07. The number of sulfonamides is 1. The van der Waals surface area contributed by atoms with Crippen LogP contribution in [-0.4, -0.2) is 34.7 Å². The van der Waals surface area contributed by atoms with Crippen LogP contribution in [0, 0.1) is 5.92 Å². The first-order chi connectivity index (χ1) is 10.1. The summed E-state index contributed by atoms with van der Waals surface area (Å²) in [4.78, 5) is 0.320. The van der Waals surface area contributed by atoms with Gasteiger partial charge in [0.25, 0.3) is 0 Å². The van der Waals surface area contributed by atoms with Crippen LogP contribution in [0.3, 0.4) is 0 Å². The predicted octanol–water partition coefficient (Wildman–Crippen LogP) is 2.21. The molecule has 2 N–H and O–H groups in total. The van der Waals surface area contributed by atoms with Gasteiger partial charge in [0.05, 0.1) is 5.69 Å². The molecule has 1 saturated heterocycles. The Morgan fingerprint density at radius 3 is 2.81 bits per heavy atom. The molecular formula is C15H24N2O3S. The molecule has 1 aliphatic heterocycles. The Morgan fingerprint density at radius 2 is 2.10 bits per heavy atom. The molecule has 0 spiro atoms. The summed E-state index contributed by atoms with van der Waals surface area (Å²) in [5, 5.41) is 3.25. The molecule has 5 nitrogen and oxygen atoms in total. The first-order valence-corrected chi connectivity index (χ1v) is 9.02. The summed E-state index contributed by atoms with van der Waals surface area (Å²) in [6.45, 7) is 4.82. The van der Waals surface area contributed by atoms with Crippen molar-refractivity contribution in [2.75, 3.05) is 31.6 Å². The molecule has 0 amide bonds. The molecule has 1 heterocycles. The van der Waals surface area contributed by atoms with Crippen LogP contribution in [0.25, 0.3) is 0 Å². The second kappa shape index (κ2) is 7.77. The quantitative estimate of drug-likeness (QED) is 0.772. The fourth-order valence-electron chi connectivity index (χ4n) is 2.38. The summed E-state index contributed by atoms with van der Waals surface area (Å²) < 4.78 is 32.5. The average molecular weight is 312 g/mol. The molecule has 0 aliphatic carbocycles. The molecule has 1 fully saturated rings. The van der Waals surface area contributed by atoms with Gasteiger partial charge in [0, 0.05) is 26.3 Å². The van der Waals surface area contributed by atoms with Crippen molar-refractivity contribution in [2.24, 2.45) is 5.92 Å². The van der Waals surface area contributed by atoms with Crippen LogP contribution in [0.4, 0.5) is 5.69 Å². The van der Waals surface area contributed by atoms with Crippen molar-refractivity contribution in [2.45, 2.75) is 31.1 Å². The number of ether oxygens (including phenoxy) is 1. The van der Waals surface area contributed by atoms with E-state index < -0.39 is 10.0 Å². The number of anilines is 1. The molecule has 0 saturated carbocycles. The molecule has 6 heteroatoms. The van der Waals surface area contributed by atoms with Crippen molar-refractivity contribution in [3.05, 3.63) is 24.3 Å². The van der Waals surface area contributed by atoms with Gasteiger partial charge >= 0.3 is 0 Å². The van der Waals surface area contributed by atoms with Gasteiger partial charge in [-0.2, -0.15) is 0 Å². The van der Waals surface area contributed by atoms with Crippen LogP contribution in [0.2, 0.25) is 0 Å². The van der Waals surface area contributed by atoms with Gasteiger partial charge in [-0.25, -0.2) is 13.1 Å². The summed E-state index contributed by atoms with van der Waals surface area (Å²) in [7, 11) is -3.44. The van der Waals surface area contributed by atoms with Gasteiger partial charge < -0.3 is 10.1 Å². The SMILES string of the molecule is CCCNS(=O)(=O)c1ccccc1NCCC1CCOC1. The van der Waals surface area contributed by atoms with Gasteiger partial charge in [-0.3, -0.25) is 0 Å². The van der Waals surface area contributed by atoms with Crippen molar-refractivity contribution in [1.82, 2.24) is 4.72 Å². The van der Waals surface area contributed by atoms with E-state index >= 15 is 0 Å². The van der Waals surface area contributed by atoms with E-state index in [-0.39, 0.29) is 0 Å². The molecular weight excluding hydrogens is 288 g/mol. The van der Waals surface area contributed by atoms with E-state index in [1.54, 1.807) is 12.1 Å². The second-order valence-electron chi connectivity index (χ2n) is 5.34. The standard InChI is InChI=1S/C15H24N2O3S/c1-2-9-17-21(18,19)15-6-4-3-5-14(15)16-10-7-13-8-11-20-12-13/h3-6,13,16-17H,2,7-12H2,1H3. The zero-order valence-electron chi connectivity index (χ0n) is 12.5. The minimum Gasteiger partial charge on any atom is -0.384 e. The summed E-state index contributed by atoms with van der Waals surface area (Å²) in [5.41, 5.74) is 0.667. The van der Waals surface area contributed by atoms with Crippen LogP contribution in [0.15, 0.2) is 29.2 Å². The summed E-state index contributed by atoms with van der Waals surface area (Å²) >= 11 is 0. The zero-order valence-corrected chi connectivity index (χ0v) is 13.3. The normalized spacial score (nSPS) is 18.8. The molecule has 0 aromatic heterocycles. The Labute approximate surface area is 127 Å². The number of hydrogen-bond donors (Lipinski definition) is 2. The zero-order chi connectivity index (χ0) is 15.1. The third-order valence-corrected chi connectivity index (χ3v) is 5.13. The summed E-state index contributed by atoms with van der Waals surface area (Å²) in [5.74, 6) is 0.583. The molecule has 1 unspecified atom stereocenters. The van der Waals surface area contributed by atoms with Crippen LogP contribution < -0.4 is 10.0 Å². The fraction of sp³-hybridized carbons (Fsp3) is 0.600. The van der Waals surface area contributed by atoms with E-state index in [0.717, 1.165) is 39.0 Å². The lowest BCUT2D eigenvalue weighted by Gasteiger charge is -2.14. The summed E-state index contributed by atoms with van der Waals surface area (Å²) in [6, 6.07) is 7.04. The molecule has 118 valence electrons. The van der Waals surface area contributed by atoms with Crippen LogP contribution in [0.5, 0.6) is 0 Å². The maximum absolute atomic E-state index is 12.3. The lowest BCUT2D eigenvalue weighted by molar-refractivity contribution is 0.185. The predicted molar refractivity (Wildman–Crippen MR) is 84.0 cm³/mol. The highest BCUT2D eigenvalue weighted by Crippen LogP contribution is 2.22. The first-order valence-electron chi connectivity index (χ1n) is 7.54. The third-order valence-electron chi connectivity index (χ3n) is 3.61. The number of para-hydroxylation sites is 1. The molecule has 0 radical (unpaired) electrons. The minimum atomic E-state index is -3.44. The smallest absolute Gasteiger partial charge is 0.242 e. The maximum atomic E-state index is 12.3. The average Bonchev–Trinajstić information content (AvgIpc) is 2.99. The van der Waals surface area contributed by atoms with E-state index in [9.17, 15) is 8.42 Å². The highest BCUT2D eigenvalue weighted by molar-refractivity contribution is 7.89. The Balaban J connectivity index is 1.99. The van der Waals surface area contributed by atoms with Crippen molar-refractivity contribution < 1.29 is 13.2 Å². The van der Waals surface area contributed by atoms with E-state index in [0.29, 0.717) is 23.0 Å². The first kappa shape index (κ1) is 16.3. The Morgan fingerprint density at radius 1 is 1.29 bits per heavy atom. The van der Waals surface area contributed by atoms with E-state index in [1.807, 2.05) is 19.1 Å². The van der Waals surface area contributed by atoms with E-state index in [4.69, 9.17) is 4.74 Å². The molecule has 2 rings (SSSR count). The van der Waals surface area contributed by atoms with E-state index in [1.165, 1.54) is 0 Å². The third kappa shape index (κ3) is 4.69. The lowest BCUT2D eigenvalue weighted by atomic mass is 10.1. The maximum Gasteiger partial charge on any atom is 0.242 e. The molecule has 1 aliphatic rings. The number of rotatable bonds is 8. The largest absolute Gasteiger partial charge is 0.384 e. The van der Waals surface area contributed by atoms with Gasteiger partial charge in [0.2, 0.25) is 10.0 Å².